The molecule has 118 valence electrons. The van der Waals surface area contributed by atoms with Crippen LogP contribution >= 0.6 is 0 Å². The molecule has 0 radical (unpaired) electrons. The van der Waals surface area contributed by atoms with Crippen molar-refractivity contribution in [3.63, 3.8) is 0 Å². The molecule has 2 aromatic rings. The highest BCUT2D eigenvalue weighted by atomic mass is 16.5. The van der Waals surface area contributed by atoms with E-state index in [2.05, 4.69) is 24.3 Å². The molecule has 3 rings (SSSR count). The second-order valence-corrected chi connectivity index (χ2v) is 5.89. The van der Waals surface area contributed by atoms with Gasteiger partial charge in [-0.1, -0.05) is 12.1 Å². The lowest BCUT2D eigenvalue weighted by Gasteiger charge is -2.27. The predicted molar refractivity (Wildman–Crippen MR) is 87.6 cm³/mol. The molecule has 1 unspecified atom stereocenters. The van der Waals surface area contributed by atoms with Gasteiger partial charge in [0.05, 0.1) is 32.4 Å². The van der Waals surface area contributed by atoms with Crippen LogP contribution in [-0.2, 0) is 19.5 Å². The molecule has 4 heteroatoms. The fraction of sp³-hybridized carbons (Fsp3) is 0.316. The maximum Gasteiger partial charge on any atom is 0.161 e. The molecule has 23 heavy (non-hydrogen) atoms. The molecule has 0 aliphatic carbocycles. The van der Waals surface area contributed by atoms with Gasteiger partial charge in [-0.25, -0.2) is 0 Å². The lowest BCUT2D eigenvalue weighted by atomic mass is 9.98. The van der Waals surface area contributed by atoms with Crippen LogP contribution in [0.4, 0.5) is 0 Å². The monoisotopic (exact) mass is 309 g/mol. The van der Waals surface area contributed by atoms with Crippen LogP contribution < -0.4 is 14.4 Å². The first kappa shape index (κ1) is 15.4. The standard InChI is InChI=1S/C19H20N2O2/c1-22-18-9-16-6-7-21(13-17(16)10-19(18)23-2)12-15-5-3-4-14(8-15)11-20/h3-5,8-10H,6-7,12-13H2,1-2H3/p+1. The van der Waals surface area contributed by atoms with Gasteiger partial charge in [-0.3, -0.25) is 0 Å². The number of fused-ring (bicyclic) bond motifs is 1. The highest BCUT2D eigenvalue weighted by molar-refractivity contribution is 5.47. The normalized spacial score (nSPS) is 16.3. The first-order chi connectivity index (χ1) is 11.2. The number of nitriles is 1. The molecule has 1 aliphatic rings. The molecular formula is C19H21N2O2+. The van der Waals surface area contributed by atoms with Crippen LogP contribution in [0.5, 0.6) is 11.5 Å². The van der Waals surface area contributed by atoms with Gasteiger partial charge in [0.2, 0.25) is 0 Å². The summed E-state index contributed by atoms with van der Waals surface area (Å²) >= 11 is 0. The third-order valence-corrected chi connectivity index (χ3v) is 4.40. The van der Waals surface area contributed by atoms with E-state index in [1.807, 2.05) is 18.2 Å². The van der Waals surface area contributed by atoms with Gasteiger partial charge in [0.25, 0.3) is 0 Å². The summed E-state index contributed by atoms with van der Waals surface area (Å²) in [7, 11) is 3.35. The second-order valence-electron chi connectivity index (χ2n) is 5.89. The van der Waals surface area contributed by atoms with Crippen molar-refractivity contribution in [3.05, 3.63) is 58.7 Å². The molecule has 0 bridgehead atoms. The fourth-order valence-corrected chi connectivity index (χ4v) is 3.22. The van der Waals surface area contributed by atoms with Gasteiger partial charge in [-0.2, -0.15) is 5.26 Å². The van der Waals surface area contributed by atoms with Crippen LogP contribution in [0, 0.1) is 11.3 Å². The van der Waals surface area contributed by atoms with Gasteiger partial charge in [0.15, 0.2) is 11.5 Å². The molecule has 0 aromatic heterocycles. The van der Waals surface area contributed by atoms with E-state index in [0.29, 0.717) is 0 Å². The van der Waals surface area contributed by atoms with Crippen LogP contribution in [0.15, 0.2) is 36.4 Å². The van der Waals surface area contributed by atoms with Crippen LogP contribution in [-0.4, -0.2) is 20.8 Å². The summed E-state index contributed by atoms with van der Waals surface area (Å²) in [6.45, 7) is 2.98. The van der Waals surface area contributed by atoms with E-state index < -0.39 is 0 Å². The Morgan fingerprint density at radius 3 is 2.52 bits per heavy atom. The van der Waals surface area contributed by atoms with Crippen LogP contribution in [0.25, 0.3) is 0 Å². The lowest BCUT2D eigenvalue weighted by Crippen LogP contribution is -3.10. The summed E-state index contributed by atoms with van der Waals surface area (Å²) < 4.78 is 10.8. The Hall–Kier alpha value is -2.51. The Labute approximate surface area is 136 Å². The van der Waals surface area contributed by atoms with Gasteiger partial charge in [-0.15, -0.1) is 0 Å². The quantitative estimate of drug-likeness (QED) is 0.935. The molecule has 1 atom stereocenters. The number of nitrogens with zero attached hydrogens (tertiary/aromatic N) is 1. The van der Waals surface area contributed by atoms with Crippen molar-refractivity contribution in [2.45, 2.75) is 19.5 Å². The highest BCUT2D eigenvalue weighted by Gasteiger charge is 2.22. The summed E-state index contributed by atoms with van der Waals surface area (Å²) in [6.07, 6.45) is 1.03. The average Bonchev–Trinajstić information content (AvgIpc) is 2.60. The third kappa shape index (κ3) is 3.30. The molecule has 0 saturated heterocycles. The molecule has 1 aliphatic heterocycles. The Balaban J connectivity index is 1.78. The van der Waals surface area contributed by atoms with E-state index in [9.17, 15) is 0 Å². The number of rotatable bonds is 4. The summed E-state index contributed by atoms with van der Waals surface area (Å²) in [4.78, 5) is 1.50. The van der Waals surface area contributed by atoms with Crippen molar-refractivity contribution in [3.8, 4) is 17.6 Å². The highest BCUT2D eigenvalue weighted by Crippen LogP contribution is 2.31. The Kier molecular flexibility index (Phi) is 4.50. The van der Waals surface area contributed by atoms with E-state index >= 15 is 0 Å². The van der Waals surface area contributed by atoms with E-state index in [1.54, 1.807) is 14.2 Å². The van der Waals surface area contributed by atoms with Gasteiger partial charge in [0, 0.05) is 17.5 Å². The minimum Gasteiger partial charge on any atom is -0.493 e. The average molecular weight is 309 g/mol. The van der Waals surface area contributed by atoms with Gasteiger partial charge < -0.3 is 14.4 Å². The summed E-state index contributed by atoms with van der Waals surface area (Å²) in [5.74, 6) is 1.59. The zero-order valence-electron chi connectivity index (χ0n) is 13.6. The lowest BCUT2D eigenvalue weighted by molar-refractivity contribution is -0.929. The molecule has 1 N–H and O–H groups in total. The summed E-state index contributed by atoms with van der Waals surface area (Å²) in [5.41, 5.74) is 4.60. The molecule has 0 fully saturated rings. The smallest absolute Gasteiger partial charge is 0.161 e. The predicted octanol–water partition coefficient (Wildman–Crippen LogP) is 1.72. The molecule has 1 heterocycles. The van der Waals surface area contributed by atoms with E-state index in [0.717, 1.165) is 43.1 Å². The molecule has 0 amide bonds. The van der Waals surface area contributed by atoms with Crippen LogP contribution in [0.2, 0.25) is 0 Å². The van der Waals surface area contributed by atoms with Crippen molar-refractivity contribution in [1.82, 2.24) is 0 Å². The fourth-order valence-electron chi connectivity index (χ4n) is 3.22. The van der Waals surface area contributed by atoms with Gasteiger partial charge in [0.1, 0.15) is 13.1 Å². The van der Waals surface area contributed by atoms with Crippen LogP contribution in [0.3, 0.4) is 0 Å². The minimum atomic E-state index is 0.728. The number of nitrogens with one attached hydrogen (secondary N) is 1. The number of benzene rings is 2. The Bertz CT molecular complexity index is 750. The first-order valence-electron chi connectivity index (χ1n) is 7.80. The van der Waals surface area contributed by atoms with Gasteiger partial charge >= 0.3 is 0 Å². The number of ether oxygens (including phenoxy) is 2. The topological polar surface area (TPSA) is 46.7 Å². The number of hydrogen-bond donors (Lipinski definition) is 1. The maximum absolute atomic E-state index is 9.02. The van der Waals surface area contributed by atoms with Crippen LogP contribution in [0.1, 0.15) is 22.3 Å². The number of methoxy groups -OCH3 is 2. The van der Waals surface area contributed by atoms with E-state index in [4.69, 9.17) is 14.7 Å². The van der Waals surface area contributed by atoms with E-state index in [-0.39, 0.29) is 0 Å². The molecule has 0 spiro atoms. The molecule has 0 saturated carbocycles. The molecular weight excluding hydrogens is 288 g/mol. The SMILES string of the molecule is COc1cc2c(cc1OC)C[NH+](Cc1cccc(C#N)c1)CC2. The van der Waals surface area contributed by atoms with Crippen molar-refractivity contribution in [1.29, 1.82) is 5.26 Å². The second kappa shape index (κ2) is 6.72. The maximum atomic E-state index is 9.02. The van der Waals surface area contributed by atoms with Crippen molar-refractivity contribution < 1.29 is 14.4 Å². The Morgan fingerprint density at radius 2 is 1.83 bits per heavy atom. The van der Waals surface area contributed by atoms with E-state index in [1.165, 1.54) is 21.6 Å². The number of quaternary nitrogens is 1. The number of hydrogen-bond acceptors (Lipinski definition) is 3. The van der Waals surface area contributed by atoms with Crippen molar-refractivity contribution in [2.75, 3.05) is 20.8 Å². The zero-order chi connectivity index (χ0) is 16.2. The Morgan fingerprint density at radius 1 is 1.09 bits per heavy atom. The van der Waals surface area contributed by atoms with Crippen molar-refractivity contribution in [2.24, 2.45) is 0 Å². The third-order valence-electron chi connectivity index (χ3n) is 4.40. The largest absolute Gasteiger partial charge is 0.493 e. The molecule has 4 nitrogen and oxygen atoms in total. The molecule has 2 aromatic carbocycles. The zero-order valence-corrected chi connectivity index (χ0v) is 13.6. The first-order valence-corrected chi connectivity index (χ1v) is 7.80. The van der Waals surface area contributed by atoms with Gasteiger partial charge in [-0.05, 0) is 29.8 Å². The summed E-state index contributed by atoms with van der Waals surface area (Å²) in [5, 5.41) is 9.02. The minimum absolute atomic E-state index is 0.728. The van der Waals surface area contributed by atoms with Crippen molar-refractivity contribution >= 4 is 0 Å². The summed E-state index contributed by atoms with van der Waals surface area (Å²) in [6, 6.07) is 14.3.